The van der Waals surface area contributed by atoms with E-state index < -0.39 is 0 Å². The van der Waals surface area contributed by atoms with Crippen molar-refractivity contribution in [1.29, 1.82) is 0 Å². The van der Waals surface area contributed by atoms with E-state index >= 15 is 0 Å². The second-order valence-corrected chi connectivity index (χ2v) is 4.54. The molecule has 1 unspecified atom stereocenters. The van der Waals surface area contributed by atoms with Crippen LogP contribution in [0, 0.1) is 0 Å². The van der Waals surface area contributed by atoms with E-state index in [9.17, 15) is 4.79 Å². The first-order chi connectivity index (χ1) is 8.78. The fourth-order valence-electron chi connectivity index (χ4n) is 2.01. The lowest BCUT2D eigenvalue weighted by atomic mass is 10.2. The van der Waals surface area contributed by atoms with Crippen LogP contribution in [0.2, 0.25) is 0 Å². The Morgan fingerprint density at radius 2 is 2.39 bits per heavy atom. The fraction of sp³-hybridized carbons (Fsp3) is 0.500. The van der Waals surface area contributed by atoms with Gasteiger partial charge in [0.15, 0.2) is 0 Å². The minimum absolute atomic E-state index is 0.129. The third kappa shape index (κ3) is 3.74. The predicted octanol–water partition coefficient (Wildman–Crippen LogP) is 1.45. The lowest BCUT2D eigenvalue weighted by Crippen LogP contribution is -2.30. The molecule has 1 amide bonds. The Morgan fingerprint density at radius 3 is 3.11 bits per heavy atom. The maximum absolute atomic E-state index is 11.1. The number of ether oxygens (including phenoxy) is 1. The average molecular weight is 248 g/mol. The van der Waals surface area contributed by atoms with Gasteiger partial charge in [-0.15, -0.1) is 0 Å². The number of carbonyl (C=O) groups is 1. The number of carbonyl (C=O) groups excluding carboxylic acids is 1. The summed E-state index contributed by atoms with van der Waals surface area (Å²) in [5.41, 5.74) is 1.21. The van der Waals surface area contributed by atoms with E-state index in [4.69, 9.17) is 4.74 Å². The molecule has 1 saturated heterocycles. The highest BCUT2D eigenvalue weighted by atomic mass is 16.5. The molecule has 2 rings (SSSR count). The number of amides is 1. The Bertz CT molecular complexity index is 407. The summed E-state index contributed by atoms with van der Waals surface area (Å²) in [7, 11) is 0. The van der Waals surface area contributed by atoms with Crippen LogP contribution in [0.5, 0.6) is 5.75 Å². The standard InChI is InChI=1S/C14H20N2O2/c1-2-15-9-11-4-3-5-13(8-11)18-10-12-6-7-14(17)16-12/h3-5,8,12,15H,2,6-7,9-10H2,1H3,(H,16,17). The van der Waals surface area contributed by atoms with E-state index in [0.717, 1.165) is 25.3 Å². The van der Waals surface area contributed by atoms with Gasteiger partial charge in [-0.3, -0.25) is 4.79 Å². The molecule has 2 N–H and O–H groups in total. The first-order valence-corrected chi connectivity index (χ1v) is 6.49. The van der Waals surface area contributed by atoms with Crippen molar-refractivity contribution in [3.63, 3.8) is 0 Å². The zero-order valence-electron chi connectivity index (χ0n) is 10.7. The molecular weight excluding hydrogens is 228 g/mol. The van der Waals surface area contributed by atoms with Gasteiger partial charge >= 0.3 is 0 Å². The summed E-state index contributed by atoms with van der Waals surface area (Å²) < 4.78 is 5.72. The number of hydrogen-bond donors (Lipinski definition) is 2. The van der Waals surface area contributed by atoms with Gasteiger partial charge in [0, 0.05) is 13.0 Å². The number of nitrogens with one attached hydrogen (secondary N) is 2. The van der Waals surface area contributed by atoms with Crippen LogP contribution in [-0.2, 0) is 11.3 Å². The molecule has 0 aliphatic carbocycles. The normalized spacial score (nSPS) is 18.7. The van der Waals surface area contributed by atoms with Crippen LogP contribution >= 0.6 is 0 Å². The van der Waals surface area contributed by atoms with Crippen molar-refractivity contribution in [2.24, 2.45) is 0 Å². The van der Waals surface area contributed by atoms with Crippen LogP contribution in [0.25, 0.3) is 0 Å². The van der Waals surface area contributed by atoms with E-state index in [-0.39, 0.29) is 11.9 Å². The number of hydrogen-bond acceptors (Lipinski definition) is 3. The lowest BCUT2D eigenvalue weighted by Gasteiger charge is -2.12. The van der Waals surface area contributed by atoms with Crippen molar-refractivity contribution < 1.29 is 9.53 Å². The molecule has 1 atom stereocenters. The molecule has 0 radical (unpaired) electrons. The van der Waals surface area contributed by atoms with Crippen LogP contribution in [0.4, 0.5) is 0 Å². The van der Waals surface area contributed by atoms with Gasteiger partial charge in [-0.2, -0.15) is 0 Å². The van der Waals surface area contributed by atoms with Crippen LogP contribution < -0.4 is 15.4 Å². The zero-order valence-corrected chi connectivity index (χ0v) is 10.7. The quantitative estimate of drug-likeness (QED) is 0.801. The molecule has 1 aromatic rings. The second-order valence-electron chi connectivity index (χ2n) is 4.54. The van der Waals surface area contributed by atoms with E-state index in [0.29, 0.717) is 13.0 Å². The Morgan fingerprint density at radius 1 is 1.50 bits per heavy atom. The van der Waals surface area contributed by atoms with Gasteiger partial charge in [-0.25, -0.2) is 0 Å². The van der Waals surface area contributed by atoms with Crippen LogP contribution in [0.3, 0.4) is 0 Å². The molecule has 0 spiro atoms. The third-order valence-corrected chi connectivity index (χ3v) is 3.01. The van der Waals surface area contributed by atoms with Gasteiger partial charge in [-0.1, -0.05) is 19.1 Å². The fourth-order valence-corrected chi connectivity index (χ4v) is 2.01. The van der Waals surface area contributed by atoms with Gasteiger partial charge in [0.25, 0.3) is 0 Å². The van der Waals surface area contributed by atoms with E-state index in [1.165, 1.54) is 5.56 Å². The first kappa shape index (κ1) is 12.9. The van der Waals surface area contributed by atoms with Gasteiger partial charge in [0.1, 0.15) is 12.4 Å². The smallest absolute Gasteiger partial charge is 0.220 e. The largest absolute Gasteiger partial charge is 0.491 e. The molecule has 4 nitrogen and oxygen atoms in total. The monoisotopic (exact) mass is 248 g/mol. The van der Waals surface area contributed by atoms with E-state index in [2.05, 4.69) is 23.6 Å². The lowest BCUT2D eigenvalue weighted by molar-refractivity contribution is -0.119. The molecule has 98 valence electrons. The molecular formula is C14H20N2O2. The molecule has 1 aromatic carbocycles. The van der Waals surface area contributed by atoms with Gasteiger partial charge in [0.2, 0.25) is 5.91 Å². The van der Waals surface area contributed by atoms with Crippen LogP contribution in [0.1, 0.15) is 25.3 Å². The van der Waals surface area contributed by atoms with Gasteiger partial charge in [0.05, 0.1) is 6.04 Å². The summed E-state index contributed by atoms with van der Waals surface area (Å²) in [6, 6.07) is 8.23. The predicted molar refractivity (Wildman–Crippen MR) is 70.5 cm³/mol. The molecule has 0 saturated carbocycles. The molecule has 0 bridgehead atoms. The molecule has 1 fully saturated rings. The summed E-state index contributed by atoms with van der Waals surface area (Å²) in [4.78, 5) is 11.1. The summed E-state index contributed by atoms with van der Waals surface area (Å²) >= 11 is 0. The van der Waals surface area contributed by atoms with Crippen LogP contribution in [-0.4, -0.2) is 25.1 Å². The Labute approximate surface area is 108 Å². The molecule has 1 aliphatic rings. The molecule has 18 heavy (non-hydrogen) atoms. The summed E-state index contributed by atoms with van der Waals surface area (Å²) in [5.74, 6) is 0.996. The Hall–Kier alpha value is -1.55. The van der Waals surface area contributed by atoms with Crippen molar-refractivity contribution >= 4 is 5.91 Å². The molecule has 4 heteroatoms. The van der Waals surface area contributed by atoms with E-state index in [1.807, 2.05) is 18.2 Å². The van der Waals surface area contributed by atoms with Crippen molar-refractivity contribution in [2.75, 3.05) is 13.2 Å². The molecule has 0 aromatic heterocycles. The van der Waals surface area contributed by atoms with Crippen molar-refractivity contribution in [2.45, 2.75) is 32.4 Å². The highest BCUT2D eigenvalue weighted by Crippen LogP contribution is 2.15. The maximum atomic E-state index is 11.1. The third-order valence-electron chi connectivity index (χ3n) is 3.01. The SMILES string of the molecule is CCNCc1cccc(OCC2CCC(=O)N2)c1. The minimum atomic E-state index is 0.129. The molecule has 1 heterocycles. The van der Waals surface area contributed by atoms with E-state index in [1.54, 1.807) is 0 Å². The first-order valence-electron chi connectivity index (χ1n) is 6.49. The Kier molecular flexibility index (Phi) is 4.59. The number of benzene rings is 1. The minimum Gasteiger partial charge on any atom is -0.491 e. The topological polar surface area (TPSA) is 50.4 Å². The second kappa shape index (κ2) is 6.40. The Balaban J connectivity index is 1.83. The summed E-state index contributed by atoms with van der Waals surface area (Å²) in [6.07, 6.45) is 1.49. The van der Waals surface area contributed by atoms with Gasteiger partial charge in [-0.05, 0) is 30.7 Å². The zero-order chi connectivity index (χ0) is 12.8. The van der Waals surface area contributed by atoms with Crippen LogP contribution in [0.15, 0.2) is 24.3 Å². The highest BCUT2D eigenvalue weighted by molar-refractivity contribution is 5.78. The van der Waals surface area contributed by atoms with Crippen molar-refractivity contribution in [1.82, 2.24) is 10.6 Å². The number of rotatable bonds is 6. The summed E-state index contributed by atoms with van der Waals surface area (Å²) in [5, 5.41) is 6.18. The summed E-state index contributed by atoms with van der Waals surface area (Å²) in [6.45, 7) is 4.45. The van der Waals surface area contributed by atoms with Gasteiger partial charge < -0.3 is 15.4 Å². The maximum Gasteiger partial charge on any atom is 0.220 e. The molecule has 1 aliphatic heterocycles. The average Bonchev–Trinajstić information content (AvgIpc) is 2.80. The van der Waals surface area contributed by atoms with Crippen molar-refractivity contribution in [3.05, 3.63) is 29.8 Å². The van der Waals surface area contributed by atoms with Crippen molar-refractivity contribution in [3.8, 4) is 5.75 Å². The highest BCUT2D eigenvalue weighted by Gasteiger charge is 2.20.